The highest BCUT2D eigenvalue weighted by Gasteiger charge is 2.23. The molecule has 1 heterocycles. The van der Waals surface area contributed by atoms with Crippen molar-refractivity contribution in [3.8, 4) is 0 Å². The number of sulfone groups is 1. The number of ether oxygens (including phenoxy) is 1. The quantitative estimate of drug-likeness (QED) is 0.258. The Labute approximate surface area is 249 Å². The van der Waals surface area contributed by atoms with Gasteiger partial charge in [-0.2, -0.15) is 0 Å². The van der Waals surface area contributed by atoms with Crippen molar-refractivity contribution in [2.45, 2.75) is 42.3 Å². The molecule has 0 aliphatic carbocycles. The lowest BCUT2D eigenvalue weighted by molar-refractivity contribution is -0.122. The van der Waals surface area contributed by atoms with Crippen molar-refractivity contribution < 1.29 is 22.7 Å². The van der Waals surface area contributed by atoms with Gasteiger partial charge in [0.15, 0.2) is 15.6 Å². The van der Waals surface area contributed by atoms with Crippen LogP contribution in [0.4, 0.5) is 0 Å². The number of benzene rings is 3. The number of hydrogen-bond donors (Lipinski definition) is 3. The van der Waals surface area contributed by atoms with E-state index in [-0.39, 0.29) is 17.1 Å². The second-order valence-electron chi connectivity index (χ2n) is 9.90. The molecule has 0 saturated carbocycles. The Kier molecular flexibility index (Phi) is 11.0. The number of rotatable bonds is 12. The van der Waals surface area contributed by atoms with Crippen molar-refractivity contribution >= 4 is 37.5 Å². The standard InChI is InChI=1S/C31H34BrN3O5S/c32-25-11-14-27(15-12-25)41(38,39)19-16-26(13-8-22-4-2-1-3-5-22)35-31(37)28(33)20-23-6-9-24(10-7-23)30(36)29-21-34-17-18-40-29/h1-7,9-12,14-16,19,26,28-29,34H,8,13,17-18,20-21,33H2,(H,35,37)/t26?,28-,29?/m0/s1. The topological polar surface area (TPSA) is 128 Å². The summed E-state index contributed by atoms with van der Waals surface area (Å²) in [5, 5.41) is 7.20. The molecular weight excluding hydrogens is 606 g/mol. The number of carbonyl (C=O) groups excluding carboxylic acids is 2. The molecule has 1 fully saturated rings. The molecule has 0 aromatic heterocycles. The van der Waals surface area contributed by atoms with Crippen LogP contribution in [0.3, 0.4) is 0 Å². The number of nitrogens with one attached hydrogen (secondary N) is 2. The van der Waals surface area contributed by atoms with Gasteiger partial charge in [0.1, 0.15) is 6.10 Å². The minimum absolute atomic E-state index is 0.0862. The van der Waals surface area contributed by atoms with E-state index in [1.165, 1.54) is 18.2 Å². The Hall–Kier alpha value is -3.15. The molecule has 4 rings (SSSR count). The number of carbonyl (C=O) groups is 2. The maximum atomic E-state index is 13.1. The summed E-state index contributed by atoms with van der Waals surface area (Å²) in [6.45, 7) is 1.71. The number of morpholine rings is 1. The lowest BCUT2D eigenvalue weighted by Gasteiger charge is -2.22. The molecule has 1 amide bonds. The molecule has 41 heavy (non-hydrogen) atoms. The van der Waals surface area contributed by atoms with E-state index in [1.54, 1.807) is 36.4 Å². The lowest BCUT2D eigenvalue weighted by Crippen LogP contribution is -2.46. The monoisotopic (exact) mass is 639 g/mol. The summed E-state index contributed by atoms with van der Waals surface area (Å²) in [4.78, 5) is 25.9. The number of hydrogen-bond acceptors (Lipinski definition) is 7. The number of halogens is 1. The van der Waals surface area contributed by atoms with E-state index >= 15 is 0 Å². The normalized spacial score (nSPS) is 17.2. The van der Waals surface area contributed by atoms with E-state index in [1.807, 2.05) is 30.3 Å². The minimum atomic E-state index is -3.70. The zero-order valence-electron chi connectivity index (χ0n) is 22.5. The van der Waals surface area contributed by atoms with E-state index in [4.69, 9.17) is 10.5 Å². The molecule has 3 aromatic rings. The Balaban J connectivity index is 1.40. The molecule has 2 unspecified atom stereocenters. The third-order valence-corrected chi connectivity index (χ3v) is 8.77. The van der Waals surface area contributed by atoms with E-state index < -0.39 is 33.9 Å². The van der Waals surface area contributed by atoms with Crippen LogP contribution < -0.4 is 16.4 Å². The number of ketones is 1. The van der Waals surface area contributed by atoms with E-state index in [0.717, 1.165) is 27.6 Å². The molecule has 1 aliphatic heterocycles. The Morgan fingerprint density at radius 1 is 1.02 bits per heavy atom. The highest BCUT2D eigenvalue weighted by Crippen LogP contribution is 2.18. The molecule has 0 bridgehead atoms. The molecule has 1 saturated heterocycles. The fraction of sp³-hybridized carbons (Fsp3) is 0.290. The minimum Gasteiger partial charge on any atom is -0.367 e. The van der Waals surface area contributed by atoms with Crippen molar-refractivity contribution in [1.82, 2.24) is 10.6 Å². The van der Waals surface area contributed by atoms with Crippen LogP contribution in [0.5, 0.6) is 0 Å². The molecule has 8 nitrogen and oxygen atoms in total. The van der Waals surface area contributed by atoms with Crippen molar-refractivity contribution in [2.75, 3.05) is 19.7 Å². The predicted octanol–water partition coefficient (Wildman–Crippen LogP) is 3.60. The van der Waals surface area contributed by atoms with Gasteiger partial charge in [-0.15, -0.1) is 0 Å². The summed E-state index contributed by atoms with van der Waals surface area (Å²) in [6, 6.07) is 21.7. The second kappa shape index (κ2) is 14.7. The van der Waals surface area contributed by atoms with Crippen molar-refractivity contribution in [2.24, 2.45) is 5.73 Å². The van der Waals surface area contributed by atoms with Crippen molar-refractivity contribution in [1.29, 1.82) is 0 Å². The van der Waals surface area contributed by atoms with Crippen LogP contribution in [-0.4, -0.2) is 58.0 Å². The molecule has 4 N–H and O–H groups in total. The van der Waals surface area contributed by atoms with Crippen LogP contribution in [0.1, 0.15) is 27.9 Å². The van der Waals surface area contributed by atoms with Gasteiger partial charge < -0.3 is 21.1 Å². The molecule has 10 heteroatoms. The van der Waals surface area contributed by atoms with Gasteiger partial charge in [0.2, 0.25) is 5.91 Å². The zero-order valence-corrected chi connectivity index (χ0v) is 24.9. The summed E-state index contributed by atoms with van der Waals surface area (Å²) >= 11 is 3.31. The van der Waals surface area contributed by atoms with Crippen LogP contribution >= 0.6 is 15.9 Å². The molecular formula is C31H34BrN3O5S. The van der Waals surface area contributed by atoms with Gasteiger partial charge in [0, 0.05) is 34.6 Å². The highest BCUT2D eigenvalue weighted by molar-refractivity contribution is 9.10. The number of amides is 1. The second-order valence-corrected chi connectivity index (χ2v) is 12.7. The zero-order chi connectivity index (χ0) is 29.2. The molecule has 0 radical (unpaired) electrons. The summed E-state index contributed by atoms with van der Waals surface area (Å²) in [5.41, 5.74) is 8.67. The molecule has 3 aromatic carbocycles. The largest absolute Gasteiger partial charge is 0.367 e. The van der Waals surface area contributed by atoms with E-state index in [9.17, 15) is 18.0 Å². The first-order valence-electron chi connectivity index (χ1n) is 13.5. The first kappa shape index (κ1) is 30.8. The van der Waals surface area contributed by atoms with Gasteiger partial charge in [-0.1, -0.05) is 76.6 Å². The van der Waals surface area contributed by atoms with E-state index in [0.29, 0.717) is 31.6 Å². The highest BCUT2D eigenvalue weighted by atomic mass is 79.9. The van der Waals surface area contributed by atoms with Crippen LogP contribution in [0, 0.1) is 0 Å². The number of aryl methyl sites for hydroxylation is 1. The maximum Gasteiger partial charge on any atom is 0.237 e. The Morgan fingerprint density at radius 3 is 2.39 bits per heavy atom. The fourth-order valence-electron chi connectivity index (χ4n) is 4.45. The van der Waals surface area contributed by atoms with Gasteiger partial charge in [-0.3, -0.25) is 9.59 Å². The average Bonchev–Trinajstić information content (AvgIpc) is 2.99. The molecule has 1 aliphatic rings. The van der Waals surface area contributed by atoms with Gasteiger partial charge >= 0.3 is 0 Å². The van der Waals surface area contributed by atoms with Crippen molar-refractivity contribution in [3.63, 3.8) is 0 Å². The van der Waals surface area contributed by atoms with Gasteiger partial charge in [0.05, 0.1) is 17.5 Å². The van der Waals surface area contributed by atoms with Crippen LogP contribution in [0.15, 0.2) is 99.7 Å². The Bertz CT molecular complexity index is 1440. The smallest absolute Gasteiger partial charge is 0.237 e. The third kappa shape index (κ3) is 9.17. The van der Waals surface area contributed by atoms with Crippen LogP contribution in [0.25, 0.3) is 0 Å². The summed E-state index contributed by atoms with van der Waals surface area (Å²) in [7, 11) is -3.70. The predicted molar refractivity (Wildman–Crippen MR) is 162 cm³/mol. The van der Waals surface area contributed by atoms with Gasteiger partial charge in [-0.25, -0.2) is 8.42 Å². The fourth-order valence-corrected chi connectivity index (χ4v) is 5.78. The first-order valence-corrected chi connectivity index (χ1v) is 15.8. The van der Waals surface area contributed by atoms with E-state index in [2.05, 4.69) is 26.6 Å². The molecule has 0 spiro atoms. The maximum absolute atomic E-state index is 13.1. The number of nitrogens with two attached hydrogens (primary N) is 1. The van der Waals surface area contributed by atoms with Crippen molar-refractivity contribution in [3.05, 3.63) is 112 Å². The summed E-state index contributed by atoms with van der Waals surface area (Å²) in [5.74, 6) is -0.479. The van der Waals surface area contributed by atoms with Gasteiger partial charge in [0.25, 0.3) is 0 Å². The summed E-state index contributed by atoms with van der Waals surface area (Å²) in [6.07, 6.45) is 2.39. The van der Waals surface area contributed by atoms with Crippen LogP contribution in [0.2, 0.25) is 0 Å². The lowest BCUT2D eigenvalue weighted by atomic mass is 10.00. The van der Waals surface area contributed by atoms with Crippen LogP contribution in [-0.2, 0) is 32.2 Å². The number of Topliss-reactive ketones (excluding diaryl/α,β-unsaturated/α-hetero) is 1. The third-order valence-electron chi connectivity index (χ3n) is 6.80. The average molecular weight is 641 g/mol. The SMILES string of the molecule is N[C@@H](Cc1ccc(C(=O)C2CNCCO2)cc1)C(=O)NC(C=CS(=O)(=O)c1ccc(Br)cc1)CCc1ccccc1. The Morgan fingerprint density at radius 2 is 1.73 bits per heavy atom. The van der Waals surface area contributed by atoms with Gasteiger partial charge in [-0.05, 0) is 54.7 Å². The first-order chi connectivity index (χ1) is 19.7. The summed E-state index contributed by atoms with van der Waals surface area (Å²) < 4.78 is 32.1. The molecule has 3 atom stereocenters. The molecule has 216 valence electrons.